The second kappa shape index (κ2) is 6.41. The number of thioether (sulfide) groups is 1. The summed E-state index contributed by atoms with van der Waals surface area (Å²) in [5.41, 5.74) is 5.41. The largest absolute Gasteiger partial charge is 0.329 e. The first-order chi connectivity index (χ1) is 7.96. The van der Waals surface area contributed by atoms with Gasteiger partial charge in [0.1, 0.15) is 0 Å². The zero-order chi connectivity index (χ0) is 12.9. The summed E-state index contributed by atoms with van der Waals surface area (Å²) in [6.07, 6.45) is 7.96. The molecule has 4 nitrogen and oxygen atoms in total. The predicted molar refractivity (Wildman–Crippen MR) is 74.8 cm³/mol. The van der Waals surface area contributed by atoms with Crippen LogP contribution in [0.4, 0.5) is 0 Å². The van der Waals surface area contributed by atoms with E-state index in [4.69, 9.17) is 5.73 Å². The van der Waals surface area contributed by atoms with Gasteiger partial charge in [-0.3, -0.25) is 0 Å². The summed E-state index contributed by atoms with van der Waals surface area (Å²) in [7, 11) is -3.25. The topological polar surface area (TPSA) is 72.2 Å². The lowest BCUT2D eigenvalue weighted by Gasteiger charge is -2.36. The van der Waals surface area contributed by atoms with Crippen molar-refractivity contribution in [1.82, 2.24) is 4.72 Å². The summed E-state index contributed by atoms with van der Waals surface area (Å²) in [5, 5.41) is -0.509. The van der Waals surface area contributed by atoms with E-state index in [2.05, 4.69) is 11.0 Å². The van der Waals surface area contributed by atoms with Crippen LogP contribution in [0.2, 0.25) is 0 Å². The molecule has 0 heterocycles. The Balaban J connectivity index is 2.58. The maximum atomic E-state index is 11.9. The lowest BCUT2D eigenvalue weighted by Crippen LogP contribution is -2.45. The van der Waals surface area contributed by atoms with Crippen molar-refractivity contribution in [2.45, 2.75) is 49.0 Å². The second-order valence-corrected chi connectivity index (χ2v) is 8.32. The summed E-state index contributed by atoms with van der Waals surface area (Å²) in [6.45, 7) is 2.36. The van der Waals surface area contributed by atoms with E-state index in [1.54, 1.807) is 18.7 Å². The van der Waals surface area contributed by atoms with Crippen LogP contribution in [-0.4, -0.2) is 37.8 Å². The average molecular weight is 280 g/mol. The minimum Gasteiger partial charge on any atom is -0.329 e. The van der Waals surface area contributed by atoms with Crippen LogP contribution in [0.1, 0.15) is 39.0 Å². The maximum Gasteiger partial charge on any atom is 0.215 e. The molecule has 1 atom stereocenters. The Bertz CT molecular complexity index is 324. The Hall–Kier alpha value is 0.220. The fourth-order valence-corrected chi connectivity index (χ4v) is 4.17. The van der Waals surface area contributed by atoms with Gasteiger partial charge in [0.25, 0.3) is 0 Å². The SMILES string of the molecule is CSC1(CNS(=O)(=O)C(C)CN)CCCCC1. The predicted octanol–water partition coefficient (Wildman–Crippen LogP) is 1.32. The van der Waals surface area contributed by atoms with Crippen LogP contribution in [0, 0.1) is 0 Å². The summed E-state index contributed by atoms with van der Waals surface area (Å²) in [5.74, 6) is 0. The zero-order valence-corrected chi connectivity index (χ0v) is 12.4. The number of hydrogen-bond donors (Lipinski definition) is 2. The van der Waals surface area contributed by atoms with Gasteiger partial charge in [-0.1, -0.05) is 19.3 Å². The Morgan fingerprint density at radius 1 is 1.35 bits per heavy atom. The molecule has 0 aromatic heterocycles. The van der Waals surface area contributed by atoms with Gasteiger partial charge in [-0.2, -0.15) is 11.8 Å². The molecule has 0 saturated heterocycles. The van der Waals surface area contributed by atoms with Crippen molar-refractivity contribution in [3.8, 4) is 0 Å². The van der Waals surface area contributed by atoms with Gasteiger partial charge < -0.3 is 5.73 Å². The molecule has 0 amide bonds. The van der Waals surface area contributed by atoms with Gasteiger partial charge in [0, 0.05) is 17.8 Å². The molecule has 1 aliphatic rings. The molecule has 102 valence electrons. The standard InChI is InChI=1S/C11H24N2O2S2/c1-10(8-12)17(14,15)13-9-11(16-2)6-4-3-5-7-11/h10,13H,3-9,12H2,1-2H3. The van der Waals surface area contributed by atoms with Crippen LogP contribution in [0.15, 0.2) is 0 Å². The summed E-state index contributed by atoms with van der Waals surface area (Å²) >= 11 is 1.80. The first kappa shape index (κ1) is 15.3. The van der Waals surface area contributed by atoms with Crippen LogP contribution in [0.25, 0.3) is 0 Å². The molecule has 1 unspecified atom stereocenters. The van der Waals surface area contributed by atoms with Crippen LogP contribution in [-0.2, 0) is 10.0 Å². The highest BCUT2D eigenvalue weighted by Gasteiger charge is 2.33. The third-order valence-electron chi connectivity index (χ3n) is 3.65. The molecule has 0 spiro atoms. The molecule has 0 aromatic rings. The monoisotopic (exact) mass is 280 g/mol. The maximum absolute atomic E-state index is 11.9. The van der Waals surface area contributed by atoms with Gasteiger partial charge in [-0.25, -0.2) is 13.1 Å². The van der Waals surface area contributed by atoms with Crippen molar-refractivity contribution in [2.24, 2.45) is 5.73 Å². The molecule has 17 heavy (non-hydrogen) atoms. The Kier molecular flexibility index (Phi) is 5.76. The van der Waals surface area contributed by atoms with Crippen molar-refractivity contribution in [3.05, 3.63) is 0 Å². The number of nitrogens with one attached hydrogen (secondary N) is 1. The van der Waals surface area contributed by atoms with Gasteiger partial charge in [-0.05, 0) is 26.0 Å². The molecule has 1 saturated carbocycles. The number of sulfonamides is 1. The van der Waals surface area contributed by atoms with Crippen molar-refractivity contribution in [2.75, 3.05) is 19.3 Å². The average Bonchev–Trinajstić information content (AvgIpc) is 2.36. The van der Waals surface area contributed by atoms with Crippen LogP contribution < -0.4 is 10.5 Å². The highest BCUT2D eigenvalue weighted by atomic mass is 32.2. The van der Waals surface area contributed by atoms with E-state index < -0.39 is 15.3 Å². The van der Waals surface area contributed by atoms with Crippen LogP contribution in [0.3, 0.4) is 0 Å². The lowest BCUT2D eigenvalue weighted by molar-refractivity contribution is 0.394. The zero-order valence-electron chi connectivity index (χ0n) is 10.7. The van der Waals surface area contributed by atoms with Gasteiger partial charge >= 0.3 is 0 Å². The Morgan fingerprint density at radius 2 is 1.94 bits per heavy atom. The van der Waals surface area contributed by atoms with E-state index in [9.17, 15) is 8.42 Å². The Morgan fingerprint density at radius 3 is 2.41 bits per heavy atom. The molecule has 1 rings (SSSR count). The molecule has 6 heteroatoms. The van der Waals surface area contributed by atoms with Gasteiger partial charge in [0.15, 0.2) is 0 Å². The van der Waals surface area contributed by atoms with Crippen LogP contribution in [0.5, 0.6) is 0 Å². The quantitative estimate of drug-likeness (QED) is 0.769. The third kappa shape index (κ3) is 4.12. The second-order valence-electron chi connectivity index (χ2n) is 4.86. The summed E-state index contributed by atoms with van der Waals surface area (Å²) in [4.78, 5) is 0. The minimum absolute atomic E-state index is 0.0969. The third-order valence-corrected chi connectivity index (χ3v) is 6.87. The molecule has 0 radical (unpaired) electrons. The summed E-state index contributed by atoms with van der Waals surface area (Å²) in [6, 6.07) is 0. The molecule has 0 aliphatic heterocycles. The molecule has 0 bridgehead atoms. The molecule has 1 fully saturated rings. The highest BCUT2D eigenvalue weighted by Crippen LogP contribution is 2.38. The number of rotatable bonds is 6. The van der Waals surface area contributed by atoms with E-state index in [0.717, 1.165) is 12.8 Å². The van der Waals surface area contributed by atoms with Crippen molar-refractivity contribution >= 4 is 21.8 Å². The van der Waals surface area contributed by atoms with E-state index in [1.807, 2.05) is 0 Å². The molecule has 1 aliphatic carbocycles. The smallest absolute Gasteiger partial charge is 0.215 e. The van der Waals surface area contributed by atoms with Gasteiger partial charge in [0.05, 0.1) is 5.25 Å². The van der Waals surface area contributed by atoms with Gasteiger partial charge in [-0.15, -0.1) is 0 Å². The van der Waals surface area contributed by atoms with Crippen LogP contribution >= 0.6 is 11.8 Å². The van der Waals surface area contributed by atoms with E-state index in [0.29, 0.717) is 6.54 Å². The number of nitrogens with two attached hydrogens (primary N) is 1. The Labute approximate surface area is 109 Å². The van der Waals surface area contributed by atoms with E-state index in [1.165, 1.54) is 19.3 Å². The normalized spacial score (nSPS) is 22.3. The minimum atomic E-state index is -3.25. The highest BCUT2D eigenvalue weighted by molar-refractivity contribution is 8.00. The fraction of sp³-hybridized carbons (Fsp3) is 1.00. The van der Waals surface area contributed by atoms with E-state index >= 15 is 0 Å². The van der Waals surface area contributed by atoms with E-state index in [-0.39, 0.29) is 11.3 Å². The fourth-order valence-electron chi connectivity index (χ4n) is 2.15. The molecule has 3 N–H and O–H groups in total. The van der Waals surface area contributed by atoms with Crippen molar-refractivity contribution in [3.63, 3.8) is 0 Å². The van der Waals surface area contributed by atoms with Crippen molar-refractivity contribution in [1.29, 1.82) is 0 Å². The molecule has 0 aromatic carbocycles. The lowest BCUT2D eigenvalue weighted by atomic mass is 9.88. The first-order valence-corrected chi connectivity index (χ1v) is 8.96. The first-order valence-electron chi connectivity index (χ1n) is 6.19. The van der Waals surface area contributed by atoms with Gasteiger partial charge in [0.2, 0.25) is 10.0 Å². The summed E-state index contributed by atoms with van der Waals surface area (Å²) < 4.78 is 26.6. The molecular weight excluding hydrogens is 256 g/mol. The number of hydrogen-bond acceptors (Lipinski definition) is 4. The molecular formula is C11H24N2O2S2. The van der Waals surface area contributed by atoms with Crippen molar-refractivity contribution < 1.29 is 8.42 Å².